The van der Waals surface area contributed by atoms with Gasteiger partial charge < -0.3 is 20.5 Å². The van der Waals surface area contributed by atoms with E-state index in [0.717, 1.165) is 0 Å². The summed E-state index contributed by atoms with van der Waals surface area (Å²) in [7, 11) is 0. The van der Waals surface area contributed by atoms with Gasteiger partial charge in [0.1, 0.15) is 11.7 Å². The van der Waals surface area contributed by atoms with E-state index in [1.165, 1.54) is 23.1 Å². The van der Waals surface area contributed by atoms with Gasteiger partial charge in [0.25, 0.3) is 5.91 Å². The van der Waals surface area contributed by atoms with Gasteiger partial charge in [-0.05, 0) is 19.1 Å². The Morgan fingerprint density at radius 2 is 2.19 bits per heavy atom. The van der Waals surface area contributed by atoms with Crippen LogP contribution in [-0.4, -0.2) is 47.7 Å². The van der Waals surface area contributed by atoms with Crippen molar-refractivity contribution in [2.45, 2.75) is 13.0 Å². The topological polar surface area (TPSA) is 92.9 Å². The summed E-state index contributed by atoms with van der Waals surface area (Å²) < 4.78 is 18.6. The zero-order chi connectivity index (χ0) is 15.6. The minimum atomic E-state index is -1.02. The third-order valence-corrected chi connectivity index (χ3v) is 3.65. The summed E-state index contributed by atoms with van der Waals surface area (Å²) in [5, 5.41) is 9.18. The number of likely N-dealkylation sites (N-methyl/N-ethyl adjacent to an activating group) is 1. The normalized spacial score (nSPS) is 21.2. The standard InChI is InChI=1S/C14H17FN2O4/c1-2-17(11-7-21-6-9(11)14(19)20)13(18)8-4-3-5-10(15)12(8)16/h3-5,9,11H,2,6-7,16H2,1H3,(H,19,20). The van der Waals surface area contributed by atoms with E-state index in [1.54, 1.807) is 6.92 Å². The molecule has 0 spiro atoms. The Morgan fingerprint density at radius 3 is 2.81 bits per heavy atom. The van der Waals surface area contributed by atoms with Crippen LogP contribution >= 0.6 is 0 Å². The molecule has 7 heteroatoms. The summed E-state index contributed by atoms with van der Waals surface area (Å²) in [5.74, 6) is -2.97. The number of nitrogens with zero attached hydrogens (tertiary/aromatic N) is 1. The number of hydrogen-bond donors (Lipinski definition) is 2. The number of amides is 1. The van der Waals surface area contributed by atoms with E-state index in [4.69, 9.17) is 10.5 Å². The van der Waals surface area contributed by atoms with Crippen molar-refractivity contribution in [3.05, 3.63) is 29.6 Å². The van der Waals surface area contributed by atoms with Gasteiger partial charge >= 0.3 is 5.97 Å². The number of aliphatic carboxylic acids is 1. The molecule has 1 aliphatic heterocycles. The molecule has 0 saturated carbocycles. The summed E-state index contributed by atoms with van der Waals surface area (Å²) in [4.78, 5) is 25.1. The number of para-hydroxylation sites is 1. The first kappa shape index (κ1) is 15.2. The number of benzene rings is 1. The van der Waals surface area contributed by atoms with Gasteiger partial charge in [0.05, 0.1) is 30.5 Å². The molecule has 6 nitrogen and oxygen atoms in total. The van der Waals surface area contributed by atoms with Crippen LogP contribution in [0.15, 0.2) is 18.2 Å². The second kappa shape index (κ2) is 6.09. The maximum Gasteiger partial charge on any atom is 0.311 e. The maximum atomic E-state index is 13.5. The van der Waals surface area contributed by atoms with Crippen molar-refractivity contribution in [3.63, 3.8) is 0 Å². The van der Waals surface area contributed by atoms with E-state index < -0.39 is 29.7 Å². The van der Waals surface area contributed by atoms with Crippen LogP contribution in [0.2, 0.25) is 0 Å². The Morgan fingerprint density at radius 1 is 1.48 bits per heavy atom. The van der Waals surface area contributed by atoms with Crippen molar-refractivity contribution in [3.8, 4) is 0 Å². The molecule has 1 amide bonds. The van der Waals surface area contributed by atoms with Crippen molar-refractivity contribution in [1.82, 2.24) is 4.90 Å². The van der Waals surface area contributed by atoms with Crippen molar-refractivity contribution >= 4 is 17.6 Å². The Hall–Kier alpha value is -2.15. The number of rotatable bonds is 4. The van der Waals surface area contributed by atoms with Gasteiger partial charge in [-0.25, -0.2) is 4.39 Å². The minimum Gasteiger partial charge on any atom is -0.481 e. The van der Waals surface area contributed by atoms with Crippen LogP contribution in [0.3, 0.4) is 0 Å². The fourth-order valence-electron chi connectivity index (χ4n) is 2.49. The van der Waals surface area contributed by atoms with Gasteiger partial charge in [0.2, 0.25) is 0 Å². The first-order valence-corrected chi connectivity index (χ1v) is 6.62. The fraction of sp³-hybridized carbons (Fsp3) is 0.429. The minimum absolute atomic E-state index is 0.0351. The quantitative estimate of drug-likeness (QED) is 0.808. The Balaban J connectivity index is 2.30. The van der Waals surface area contributed by atoms with Crippen molar-refractivity contribution in [2.75, 3.05) is 25.5 Å². The molecule has 1 heterocycles. The number of anilines is 1. The summed E-state index contributed by atoms with van der Waals surface area (Å²) >= 11 is 0. The molecule has 114 valence electrons. The van der Waals surface area contributed by atoms with Gasteiger partial charge in [0.15, 0.2) is 0 Å². The molecule has 2 unspecified atom stereocenters. The van der Waals surface area contributed by atoms with E-state index in [2.05, 4.69) is 0 Å². The van der Waals surface area contributed by atoms with E-state index in [-0.39, 0.29) is 31.0 Å². The molecule has 2 atom stereocenters. The molecule has 3 N–H and O–H groups in total. The van der Waals surface area contributed by atoms with Gasteiger partial charge in [-0.1, -0.05) is 6.07 Å². The van der Waals surface area contributed by atoms with Crippen molar-refractivity contribution in [2.24, 2.45) is 5.92 Å². The van der Waals surface area contributed by atoms with E-state index in [1.807, 2.05) is 0 Å². The van der Waals surface area contributed by atoms with Crippen LogP contribution in [-0.2, 0) is 9.53 Å². The average molecular weight is 296 g/mol. The first-order chi connectivity index (χ1) is 9.97. The number of carboxylic acids is 1. The Bertz CT molecular complexity index is 564. The molecule has 1 aliphatic rings. The van der Waals surface area contributed by atoms with Crippen LogP contribution in [0.25, 0.3) is 0 Å². The molecule has 0 bridgehead atoms. The molecular weight excluding hydrogens is 279 g/mol. The lowest BCUT2D eigenvalue weighted by Crippen LogP contribution is -2.46. The number of hydrogen-bond acceptors (Lipinski definition) is 4. The number of carboxylic acid groups (broad SMARTS) is 1. The lowest BCUT2D eigenvalue weighted by molar-refractivity contribution is -0.142. The predicted molar refractivity (Wildman–Crippen MR) is 73.3 cm³/mol. The Labute approximate surface area is 121 Å². The number of carbonyl (C=O) groups excluding carboxylic acids is 1. The molecule has 2 rings (SSSR count). The SMILES string of the molecule is CCN(C(=O)c1cccc(F)c1N)C1COCC1C(=O)O. The highest BCUT2D eigenvalue weighted by Crippen LogP contribution is 2.24. The molecule has 0 aliphatic carbocycles. The molecule has 0 radical (unpaired) electrons. The van der Waals surface area contributed by atoms with Crippen LogP contribution < -0.4 is 5.73 Å². The number of ether oxygens (including phenoxy) is 1. The van der Waals surface area contributed by atoms with Gasteiger partial charge in [-0.3, -0.25) is 9.59 Å². The third kappa shape index (κ3) is 2.82. The zero-order valence-electron chi connectivity index (χ0n) is 11.6. The average Bonchev–Trinajstić information content (AvgIpc) is 2.92. The summed E-state index contributed by atoms with van der Waals surface area (Å²) in [6, 6.07) is 3.41. The monoisotopic (exact) mass is 296 g/mol. The van der Waals surface area contributed by atoms with Crippen LogP contribution in [0.4, 0.5) is 10.1 Å². The molecule has 1 fully saturated rings. The lowest BCUT2D eigenvalue weighted by Gasteiger charge is -2.29. The van der Waals surface area contributed by atoms with Crippen molar-refractivity contribution in [1.29, 1.82) is 0 Å². The van der Waals surface area contributed by atoms with Gasteiger partial charge in [-0.15, -0.1) is 0 Å². The highest BCUT2D eigenvalue weighted by Gasteiger charge is 2.40. The maximum absolute atomic E-state index is 13.5. The van der Waals surface area contributed by atoms with Crippen LogP contribution in [0.1, 0.15) is 17.3 Å². The fourth-order valence-corrected chi connectivity index (χ4v) is 2.49. The second-order valence-corrected chi connectivity index (χ2v) is 4.84. The lowest BCUT2D eigenvalue weighted by atomic mass is 10.0. The third-order valence-electron chi connectivity index (χ3n) is 3.65. The number of nitrogens with two attached hydrogens (primary N) is 1. The Kier molecular flexibility index (Phi) is 4.42. The van der Waals surface area contributed by atoms with E-state index in [9.17, 15) is 19.1 Å². The van der Waals surface area contributed by atoms with Crippen LogP contribution in [0.5, 0.6) is 0 Å². The molecule has 0 aromatic heterocycles. The van der Waals surface area contributed by atoms with Crippen molar-refractivity contribution < 1.29 is 23.8 Å². The smallest absolute Gasteiger partial charge is 0.311 e. The number of nitrogen functional groups attached to an aromatic ring is 1. The molecule has 1 aromatic rings. The van der Waals surface area contributed by atoms with E-state index in [0.29, 0.717) is 0 Å². The van der Waals surface area contributed by atoms with Gasteiger partial charge in [0, 0.05) is 6.54 Å². The predicted octanol–water partition coefficient (Wildman–Crippen LogP) is 0.970. The molecule has 21 heavy (non-hydrogen) atoms. The summed E-state index contributed by atoms with van der Waals surface area (Å²) in [6.45, 7) is 2.21. The molecule has 1 aromatic carbocycles. The number of halogens is 1. The zero-order valence-corrected chi connectivity index (χ0v) is 11.6. The molecule has 1 saturated heterocycles. The summed E-state index contributed by atoms with van der Waals surface area (Å²) in [5.41, 5.74) is 5.40. The molecular formula is C14H17FN2O4. The highest BCUT2D eigenvalue weighted by atomic mass is 19.1. The largest absolute Gasteiger partial charge is 0.481 e. The second-order valence-electron chi connectivity index (χ2n) is 4.84. The first-order valence-electron chi connectivity index (χ1n) is 6.62. The van der Waals surface area contributed by atoms with Crippen LogP contribution in [0, 0.1) is 11.7 Å². The van der Waals surface area contributed by atoms with Gasteiger partial charge in [-0.2, -0.15) is 0 Å². The summed E-state index contributed by atoms with van der Waals surface area (Å²) in [6.07, 6.45) is 0. The highest BCUT2D eigenvalue weighted by molar-refractivity contribution is 5.99. The number of carbonyl (C=O) groups is 2. The van der Waals surface area contributed by atoms with E-state index >= 15 is 0 Å².